The third-order valence-corrected chi connectivity index (χ3v) is 7.87. The normalized spacial score (nSPS) is 12.7. The summed E-state index contributed by atoms with van der Waals surface area (Å²) in [7, 11) is -3.88. The van der Waals surface area contributed by atoms with Crippen LogP contribution >= 0.6 is 11.6 Å². The van der Waals surface area contributed by atoms with Gasteiger partial charge < -0.3 is 14.5 Å². The topological polar surface area (TPSA) is 150 Å². The van der Waals surface area contributed by atoms with Gasteiger partial charge in [0, 0.05) is 16.5 Å². The van der Waals surface area contributed by atoms with E-state index < -0.39 is 33.7 Å². The number of ether oxygens (including phenoxy) is 1. The zero-order valence-electron chi connectivity index (χ0n) is 26.3. The fourth-order valence-corrected chi connectivity index (χ4v) is 5.79. The highest BCUT2D eigenvalue weighted by Gasteiger charge is 2.27. The summed E-state index contributed by atoms with van der Waals surface area (Å²) in [6.45, 7) is 10.6. The summed E-state index contributed by atoms with van der Waals surface area (Å²) in [4.78, 5) is 44.3. The summed E-state index contributed by atoms with van der Waals surface area (Å²) in [5.41, 5.74) is 1.76. The van der Waals surface area contributed by atoms with E-state index in [4.69, 9.17) is 20.8 Å². The van der Waals surface area contributed by atoms with Gasteiger partial charge in [-0.1, -0.05) is 35.9 Å². The lowest BCUT2D eigenvalue weighted by atomic mass is 9.99. The number of para-hydroxylation sites is 1. The number of aryl methyl sites for hydroxylation is 1. The second-order valence-corrected chi connectivity index (χ2v) is 14.3. The van der Waals surface area contributed by atoms with Crippen LogP contribution in [0.3, 0.4) is 0 Å². The Morgan fingerprint density at radius 2 is 1.76 bits per heavy atom. The summed E-state index contributed by atoms with van der Waals surface area (Å²) in [5, 5.41) is 4.26. The Morgan fingerprint density at radius 1 is 1.07 bits per heavy atom. The number of halogens is 1. The van der Waals surface area contributed by atoms with Crippen molar-refractivity contribution in [1.82, 2.24) is 14.3 Å². The number of anilines is 1. The number of rotatable bonds is 6. The van der Waals surface area contributed by atoms with Gasteiger partial charge in [-0.2, -0.15) is 0 Å². The molecule has 2 N–H and O–H groups in total. The van der Waals surface area contributed by atoms with Crippen molar-refractivity contribution in [1.29, 1.82) is 0 Å². The molecule has 11 nitrogen and oxygen atoms in total. The van der Waals surface area contributed by atoms with E-state index >= 15 is 0 Å². The minimum atomic E-state index is -3.88. The Labute approximate surface area is 270 Å². The summed E-state index contributed by atoms with van der Waals surface area (Å²) in [5.74, 6) is -0.772. The van der Waals surface area contributed by atoms with Crippen molar-refractivity contribution in [2.24, 2.45) is 0 Å². The van der Waals surface area contributed by atoms with E-state index in [1.54, 1.807) is 58.9 Å². The highest BCUT2D eigenvalue weighted by molar-refractivity contribution is 7.89. The molecule has 3 aromatic heterocycles. The number of nitrogens with zero attached hydrogens (tertiary/aromatic N) is 2. The molecular weight excluding hydrogens is 632 g/mol. The number of carbonyl (C=O) groups excluding carboxylic acids is 2. The lowest BCUT2D eigenvalue weighted by Crippen LogP contribution is -2.31. The number of benzene rings is 2. The van der Waals surface area contributed by atoms with E-state index in [-0.39, 0.29) is 33.3 Å². The van der Waals surface area contributed by atoms with E-state index in [1.807, 2.05) is 29.8 Å². The first-order chi connectivity index (χ1) is 21.4. The molecule has 0 aliphatic carbocycles. The van der Waals surface area contributed by atoms with Gasteiger partial charge in [0.2, 0.25) is 10.0 Å². The van der Waals surface area contributed by atoms with Gasteiger partial charge in [-0.05, 0) is 77.4 Å². The Kier molecular flexibility index (Phi) is 8.47. The van der Waals surface area contributed by atoms with Crippen LogP contribution in [-0.4, -0.2) is 41.8 Å². The zero-order chi connectivity index (χ0) is 33.7. The van der Waals surface area contributed by atoms with Crippen molar-refractivity contribution in [3.05, 3.63) is 92.4 Å². The summed E-state index contributed by atoms with van der Waals surface area (Å²) >= 11 is 6.04. The molecule has 0 aliphatic rings. The molecule has 0 radical (unpaired) electrons. The van der Waals surface area contributed by atoms with Gasteiger partial charge in [0.05, 0.1) is 34.6 Å². The van der Waals surface area contributed by atoms with Crippen molar-refractivity contribution < 1.29 is 27.2 Å². The molecular formula is C33H33ClN4O7S. The maximum atomic E-state index is 13.9. The lowest BCUT2D eigenvalue weighted by Gasteiger charge is -2.22. The lowest BCUT2D eigenvalue weighted by molar-refractivity contribution is 0.0546. The first-order valence-corrected chi connectivity index (χ1v) is 16.6. The van der Waals surface area contributed by atoms with Gasteiger partial charge in [0.1, 0.15) is 16.3 Å². The molecule has 0 fully saturated rings. The zero-order valence-corrected chi connectivity index (χ0v) is 27.9. The van der Waals surface area contributed by atoms with E-state index in [0.29, 0.717) is 27.7 Å². The molecule has 0 bridgehead atoms. The van der Waals surface area contributed by atoms with Crippen LogP contribution in [0.15, 0.2) is 63.8 Å². The predicted molar refractivity (Wildman–Crippen MR) is 178 cm³/mol. The summed E-state index contributed by atoms with van der Waals surface area (Å²) in [6, 6.07) is 15.0. The number of sulfonamides is 1. The second-order valence-electron chi connectivity index (χ2n) is 12.1. The number of aromatic nitrogens is 2. The largest absolute Gasteiger partial charge is 0.454 e. The second kappa shape index (κ2) is 11.9. The maximum absolute atomic E-state index is 13.9. The fourth-order valence-electron chi connectivity index (χ4n) is 5.21. The number of carbonyl (C=O) groups is 2. The van der Waals surface area contributed by atoms with E-state index in [9.17, 15) is 22.8 Å². The summed E-state index contributed by atoms with van der Waals surface area (Å²) < 4.78 is 39.1. The number of amides is 1. The molecule has 0 spiro atoms. The van der Waals surface area contributed by atoms with Crippen LogP contribution in [0.4, 0.5) is 10.5 Å². The molecule has 240 valence electrons. The van der Waals surface area contributed by atoms with Crippen LogP contribution in [0.5, 0.6) is 0 Å². The van der Waals surface area contributed by atoms with Gasteiger partial charge in [-0.15, -0.1) is 0 Å². The Hall–Kier alpha value is -4.68. The molecule has 1 atom stereocenters. The van der Waals surface area contributed by atoms with Crippen LogP contribution in [-0.2, 0) is 14.8 Å². The van der Waals surface area contributed by atoms with Crippen molar-refractivity contribution in [3.8, 4) is 11.5 Å². The Balaban J connectivity index is 1.69. The van der Waals surface area contributed by atoms with Crippen LogP contribution in [0.25, 0.3) is 33.3 Å². The van der Waals surface area contributed by atoms with E-state index in [1.165, 1.54) is 16.7 Å². The molecule has 3 heterocycles. The van der Waals surface area contributed by atoms with Crippen molar-refractivity contribution in [2.75, 3.05) is 11.6 Å². The number of hydrogen-bond acceptors (Lipinski definition) is 9. The Bertz CT molecular complexity index is 2220. The van der Waals surface area contributed by atoms with Crippen molar-refractivity contribution in [3.63, 3.8) is 0 Å². The monoisotopic (exact) mass is 664 g/mol. The molecule has 5 aromatic rings. The highest BCUT2D eigenvalue weighted by Crippen LogP contribution is 2.35. The summed E-state index contributed by atoms with van der Waals surface area (Å²) in [6.07, 6.45) is 0.230. The predicted octanol–water partition coefficient (Wildman–Crippen LogP) is 6.73. The SMILES string of the molecule is Cc1cc([C@@H](C)Nc2ccc(Cl)nc2C(=O)NS(C)(=O)=O)c2oc(-c3cc4ccccc4n3C(=O)OC(C)(C)C)c(C)c(=O)c2c1. The van der Waals surface area contributed by atoms with E-state index in [0.717, 1.165) is 17.2 Å². The van der Waals surface area contributed by atoms with Gasteiger partial charge in [0.25, 0.3) is 5.91 Å². The average molecular weight is 665 g/mol. The highest BCUT2D eigenvalue weighted by atomic mass is 35.5. The van der Waals surface area contributed by atoms with Gasteiger partial charge in [-0.3, -0.25) is 9.59 Å². The molecule has 0 saturated heterocycles. The molecule has 5 rings (SSSR count). The molecule has 0 aliphatic heterocycles. The molecule has 1 amide bonds. The van der Waals surface area contributed by atoms with E-state index in [2.05, 4.69) is 10.3 Å². The fraction of sp³-hybridized carbons (Fsp3) is 0.273. The van der Waals surface area contributed by atoms with Crippen molar-refractivity contribution in [2.45, 2.75) is 53.2 Å². The minimum Gasteiger partial charge on any atom is -0.454 e. The first kappa shape index (κ1) is 32.7. The smallest absolute Gasteiger partial charge is 0.419 e. The number of hydrogen-bond donors (Lipinski definition) is 2. The molecule has 0 unspecified atom stereocenters. The minimum absolute atomic E-state index is 0.00986. The molecule has 13 heteroatoms. The van der Waals surface area contributed by atoms with Gasteiger partial charge >= 0.3 is 6.09 Å². The molecule has 46 heavy (non-hydrogen) atoms. The number of nitrogens with one attached hydrogen (secondary N) is 2. The number of pyridine rings is 1. The van der Waals surface area contributed by atoms with Crippen LogP contribution in [0, 0.1) is 13.8 Å². The quantitative estimate of drug-likeness (QED) is 0.188. The maximum Gasteiger partial charge on any atom is 0.419 e. The van der Waals surface area contributed by atoms with Crippen molar-refractivity contribution >= 4 is 61.2 Å². The number of fused-ring (bicyclic) bond motifs is 2. The van der Waals surface area contributed by atoms with Gasteiger partial charge in [-0.25, -0.2) is 27.5 Å². The van der Waals surface area contributed by atoms with Gasteiger partial charge in [0.15, 0.2) is 16.9 Å². The third kappa shape index (κ3) is 6.63. The molecule has 2 aromatic carbocycles. The first-order valence-electron chi connectivity index (χ1n) is 14.3. The average Bonchev–Trinajstić information content (AvgIpc) is 3.33. The standard InChI is InChI=1S/C33H33ClN4O7S/c1-17-14-21(19(3)35-23-12-13-26(34)36-27(23)31(40)37-46(7,42)43)30-22(15-17)28(39)18(2)29(44-30)25-16-20-10-8-9-11-24(20)38(25)32(41)45-33(4,5)6/h8-16,19,35H,1-7H3,(H,37,40)/t19-/m1/s1. The third-order valence-electron chi connectivity index (χ3n) is 7.10. The molecule has 0 saturated carbocycles. The Morgan fingerprint density at radius 3 is 2.43 bits per heavy atom. The van der Waals surface area contributed by atoms with Crippen LogP contribution in [0.1, 0.15) is 60.9 Å². The van der Waals surface area contributed by atoms with Crippen LogP contribution < -0.4 is 15.5 Å². The van der Waals surface area contributed by atoms with Crippen LogP contribution in [0.2, 0.25) is 5.15 Å².